The molecule has 0 atom stereocenters. The third kappa shape index (κ3) is 5.35. The highest BCUT2D eigenvalue weighted by atomic mass is 19.1. The molecule has 1 amide bonds. The molecule has 2 N–H and O–H groups in total. The second kappa shape index (κ2) is 8.75. The molecule has 0 aliphatic carbocycles. The molecule has 1 aromatic carbocycles. The lowest BCUT2D eigenvalue weighted by atomic mass is 9.88. The fourth-order valence-electron chi connectivity index (χ4n) is 2.83. The van der Waals surface area contributed by atoms with Gasteiger partial charge in [-0.1, -0.05) is 13.8 Å². The quantitative estimate of drug-likeness (QED) is 0.692. The molecule has 0 radical (unpaired) electrons. The van der Waals surface area contributed by atoms with Crippen LogP contribution in [0.25, 0.3) is 11.3 Å². The molecule has 146 valence electrons. The smallest absolute Gasteiger partial charge is 0.305 e. The molecule has 0 saturated carbocycles. The number of aryl methyl sites for hydroxylation is 1. The van der Waals surface area contributed by atoms with E-state index in [0.29, 0.717) is 12.8 Å². The lowest BCUT2D eigenvalue weighted by molar-refractivity contribution is -0.139. The predicted octanol–water partition coefficient (Wildman–Crippen LogP) is 3.70. The lowest BCUT2D eigenvalue weighted by Gasteiger charge is -2.31. The molecule has 0 aliphatic rings. The Labute approximate surface area is 155 Å². The molecule has 8 heteroatoms. The molecule has 0 fully saturated rings. The number of benzene rings is 1. The van der Waals surface area contributed by atoms with Crippen molar-refractivity contribution in [2.24, 2.45) is 0 Å². The molecule has 1 heterocycles. The Morgan fingerprint density at radius 2 is 1.96 bits per heavy atom. The zero-order valence-electron chi connectivity index (χ0n) is 15.2. The lowest BCUT2D eigenvalue weighted by Crippen LogP contribution is -2.49. The molecule has 1 aromatic heterocycles. The van der Waals surface area contributed by atoms with E-state index in [1.807, 2.05) is 13.8 Å². The van der Waals surface area contributed by atoms with Crippen LogP contribution in [0.3, 0.4) is 0 Å². The Morgan fingerprint density at radius 3 is 2.56 bits per heavy atom. The van der Waals surface area contributed by atoms with Crippen molar-refractivity contribution in [3.8, 4) is 11.3 Å². The van der Waals surface area contributed by atoms with Crippen molar-refractivity contribution in [2.45, 2.75) is 51.5 Å². The Morgan fingerprint density at radius 1 is 1.26 bits per heavy atom. The number of aliphatic carboxylic acids is 1. The van der Waals surface area contributed by atoms with Gasteiger partial charge >= 0.3 is 5.97 Å². The second-order valence-corrected chi connectivity index (χ2v) is 6.35. The number of oxazole rings is 1. The van der Waals surface area contributed by atoms with Crippen molar-refractivity contribution in [3.05, 3.63) is 41.9 Å². The van der Waals surface area contributed by atoms with E-state index in [1.54, 1.807) is 0 Å². The summed E-state index contributed by atoms with van der Waals surface area (Å²) in [4.78, 5) is 27.3. The summed E-state index contributed by atoms with van der Waals surface area (Å²) in [5.41, 5.74) is -0.709. The zero-order valence-corrected chi connectivity index (χ0v) is 15.2. The summed E-state index contributed by atoms with van der Waals surface area (Å²) in [5, 5.41) is 11.8. The Bertz CT molecular complexity index is 816. The number of nitrogens with zero attached hydrogens (tertiary/aromatic N) is 1. The van der Waals surface area contributed by atoms with E-state index in [4.69, 9.17) is 9.52 Å². The van der Waals surface area contributed by atoms with Crippen molar-refractivity contribution >= 4 is 11.9 Å². The van der Waals surface area contributed by atoms with Gasteiger partial charge in [-0.2, -0.15) is 0 Å². The van der Waals surface area contributed by atoms with Gasteiger partial charge in [0.15, 0.2) is 11.7 Å². The highest BCUT2D eigenvalue weighted by molar-refractivity contribution is 5.78. The number of hydrogen-bond donors (Lipinski definition) is 2. The van der Waals surface area contributed by atoms with Crippen LogP contribution in [0.15, 0.2) is 28.8 Å². The maximum Gasteiger partial charge on any atom is 0.305 e. The first-order valence-electron chi connectivity index (χ1n) is 8.71. The normalized spacial score (nSPS) is 11.4. The summed E-state index contributed by atoms with van der Waals surface area (Å²) in [7, 11) is 0. The van der Waals surface area contributed by atoms with Crippen molar-refractivity contribution in [1.29, 1.82) is 0 Å². The van der Waals surface area contributed by atoms with E-state index >= 15 is 0 Å². The number of aromatic nitrogens is 1. The monoisotopic (exact) mass is 380 g/mol. The molecule has 27 heavy (non-hydrogen) atoms. The van der Waals surface area contributed by atoms with E-state index in [-0.39, 0.29) is 42.4 Å². The van der Waals surface area contributed by atoms with Crippen LogP contribution in [0, 0.1) is 11.6 Å². The van der Waals surface area contributed by atoms with E-state index in [2.05, 4.69) is 10.3 Å². The molecule has 0 aliphatic heterocycles. The molecule has 0 unspecified atom stereocenters. The highest BCUT2D eigenvalue weighted by Crippen LogP contribution is 2.25. The highest BCUT2D eigenvalue weighted by Gasteiger charge is 2.30. The predicted molar refractivity (Wildman–Crippen MR) is 93.9 cm³/mol. The summed E-state index contributed by atoms with van der Waals surface area (Å²) in [6, 6.07) is 3.12. The maximum absolute atomic E-state index is 13.8. The average molecular weight is 380 g/mol. The minimum Gasteiger partial charge on any atom is -0.481 e. The molecule has 2 aromatic rings. The summed E-state index contributed by atoms with van der Waals surface area (Å²) >= 11 is 0. The standard InChI is InChI=1S/C19H22F2N2O4/c1-3-19(4-2,10-18(25)26)23-16(24)7-8-17-22-11-15(27-17)13-6-5-12(20)9-14(13)21/h5-6,9,11H,3-4,7-8,10H2,1-2H3,(H,23,24)(H,25,26). The molecular formula is C19H22F2N2O4. The summed E-state index contributed by atoms with van der Waals surface area (Å²) in [6.45, 7) is 3.65. The third-order valence-electron chi connectivity index (χ3n) is 4.56. The van der Waals surface area contributed by atoms with Crippen LogP contribution in [-0.4, -0.2) is 27.5 Å². The average Bonchev–Trinajstić information content (AvgIpc) is 3.07. The van der Waals surface area contributed by atoms with Crippen LogP contribution in [0.4, 0.5) is 8.78 Å². The number of hydrogen-bond acceptors (Lipinski definition) is 4. The van der Waals surface area contributed by atoms with Gasteiger partial charge in [-0.3, -0.25) is 9.59 Å². The molecule has 0 bridgehead atoms. The van der Waals surface area contributed by atoms with Crippen molar-refractivity contribution in [3.63, 3.8) is 0 Å². The van der Waals surface area contributed by atoms with Crippen LogP contribution in [0.5, 0.6) is 0 Å². The first-order valence-corrected chi connectivity index (χ1v) is 8.71. The second-order valence-electron chi connectivity index (χ2n) is 6.35. The van der Waals surface area contributed by atoms with Crippen LogP contribution < -0.4 is 5.32 Å². The Kier molecular flexibility index (Phi) is 6.65. The summed E-state index contributed by atoms with van der Waals surface area (Å²) in [5.74, 6) is -2.36. The van der Waals surface area contributed by atoms with Crippen molar-refractivity contribution in [1.82, 2.24) is 10.3 Å². The minimum absolute atomic E-state index is 0.0488. The zero-order chi connectivity index (χ0) is 20.0. The van der Waals surface area contributed by atoms with Gasteiger partial charge in [-0.25, -0.2) is 13.8 Å². The molecule has 6 nitrogen and oxygen atoms in total. The number of nitrogens with one attached hydrogen (secondary N) is 1. The third-order valence-corrected chi connectivity index (χ3v) is 4.56. The number of rotatable bonds is 9. The Balaban J connectivity index is 1.99. The van der Waals surface area contributed by atoms with Gasteiger partial charge in [-0.15, -0.1) is 0 Å². The van der Waals surface area contributed by atoms with Gasteiger partial charge in [0, 0.05) is 24.4 Å². The largest absolute Gasteiger partial charge is 0.481 e. The fraction of sp³-hybridized carbons (Fsp3) is 0.421. The van der Waals surface area contributed by atoms with Crippen LogP contribution in [0.1, 0.15) is 45.4 Å². The number of carboxylic acids is 1. The maximum atomic E-state index is 13.8. The first-order chi connectivity index (χ1) is 12.8. The van der Waals surface area contributed by atoms with Gasteiger partial charge < -0.3 is 14.8 Å². The molecule has 2 rings (SSSR count). The number of carbonyl (C=O) groups excluding carboxylic acids is 1. The van der Waals surface area contributed by atoms with Gasteiger partial charge in [0.25, 0.3) is 0 Å². The molecule has 0 spiro atoms. The van der Waals surface area contributed by atoms with E-state index in [0.717, 1.165) is 12.1 Å². The Hall–Kier alpha value is -2.77. The van der Waals surface area contributed by atoms with Gasteiger partial charge in [0.1, 0.15) is 11.6 Å². The summed E-state index contributed by atoms with van der Waals surface area (Å²) < 4.78 is 32.2. The van der Waals surface area contributed by atoms with E-state index < -0.39 is 23.1 Å². The summed E-state index contributed by atoms with van der Waals surface area (Å²) in [6.07, 6.45) is 2.37. The van der Waals surface area contributed by atoms with E-state index in [1.165, 1.54) is 12.3 Å². The number of carboxylic acid groups (broad SMARTS) is 1. The van der Waals surface area contributed by atoms with Crippen molar-refractivity contribution in [2.75, 3.05) is 0 Å². The number of amides is 1. The van der Waals surface area contributed by atoms with Gasteiger partial charge in [0.2, 0.25) is 5.91 Å². The van der Waals surface area contributed by atoms with Crippen molar-refractivity contribution < 1.29 is 27.9 Å². The first kappa shape index (κ1) is 20.5. The fourth-order valence-corrected chi connectivity index (χ4v) is 2.83. The van der Waals surface area contributed by atoms with Crippen LogP contribution >= 0.6 is 0 Å². The molecular weight excluding hydrogens is 358 g/mol. The number of halogens is 2. The van der Waals surface area contributed by atoms with Gasteiger partial charge in [0.05, 0.1) is 18.2 Å². The van der Waals surface area contributed by atoms with Gasteiger partial charge in [-0.05, 0) is 25.0 Å². The number of carbonyl (C=O) groups is 2. The van der Waals surface area contributed by atoms with E-state index in [9.17, 15) is 18.4 Å². The minimum atomic E-state index is -0.974. The topological polar surface area (TPSA) is 92.4 Å². The SMILES string of the molecule is CCC(CC)(CC(=O)O)NC(=O)CCc1ncc(-c2ccc(F)cc2F)o1. The molecule has 0 saturated heterocycles. The van der Waals surface area contributed by atoms with Crippen LogP contribution in [-0.2, 0) is 16.0 Å². The van der Waals surface area contributed by atoms with Crippen LogP contribution in [0.2, 0.25) is 0 Å².